The molecule has 0 aromatic rings. The van der Waals surface area contributed by atoms with E-state index < -0.39 is 0 Å². The van der Waals surface area contributed by atoms with Crippen LogP contribution in [-0.2, 0) is 0 Å². The van der Waals surface area contributed by atoms with Crippen molar-refractivity contribution in [2.24, 2.45) is 11.7 Å². The lowest BCUT2D eigenvalue weighted by Crippen LogP contribution is -2.29. The van der Waals surface area contributed by atoms with Gasteiger partial charge in [-0.2, -0.15) is 11.8 Å². The zero-order chi connectivity index (χ0) is 9.10. The third-order valence-corrected chi connectivity index (χ3v) is 4.57. The number of likely N-dealkylation sites (tertiary alicyclic amines) is 1. The minimum Gasteiger partial charge on any atom is -0.330 e. The summed E-state index contributed by atoms with van der Waals surface area (Å²) >= 11 is 2.17. The van der Waals surface area contributed by atoms with Gasteiger partial charge in [-0.1, -0.05) is 0 Å². The Morgan fingerprint density at radius 3 is 2.92 bits per heavy atom. The van der Waals surface area contributed by atoms with Crippen LogP contribution in [0.4, 0.5) is 0 Å². The van der Waals surface area contributed by atoms with Gasteiger partial charge >= 0.3 is 0 Å². The highest BCUT2D eigenvalue weighted by Crippen LogP contribution is 2.28. The van der Waals surface area contributed by atoms with E-state index in [9.17, 15) is 0 Å². The summed E-state index contributed by atoms with van der Waals surface area (Å²) in [5.74, 6) is 2.17. The van der Waals surface area contributed by atoms with E-state index in [0.717, 1.165) is 17.7 Å². The Balaban J connectivity index is 1.70. The molecule has 0 saturated carbocycles. The first-order chi connectivity index (χ1) is 6.38. The van der Waals surface area contributed by atoms with E-state index >= 15 is 0 Å². The molecular formula is C10H20N2S. The SMILES string of the molecule is NCC1CCN(CC2CCCS2)C1. The van der Waals surface area contributed by atoms with Crippen molar-refractivity contribution < 1.29 is 0 Å². The van der Waals surface area contributed by atoms with Gasteiger partial charge < -0.3 is 10.6 Å². The quantitative estimate of drug-likeness (QED) is 0.741. The molecule has 3 heteroatoms. The van der Waals surface area contributed by atoms with Gasteiger partial charge in [-0.05, 0) is 44.0 Å². The molecule has 2 fully saturated rings. The van der Waals surface area contributed by atoms with E-state index in [1.807, 2.05) is 0 Å². The second-order valence-corrected chi connectivity index (χ2v) is 5.69. The molecule has 0 bridgehead atoms. The molecule has 2 saturated heterocycles. The minimum atomic E-state index is 0.784. The molecule has 2 aliphatic heterocycles. The van der Waals surface area contributed by atoms with Crippen molar-refractivity contribution in [3.8, 4) is 0 Å². The van der Waals surface area contributed by atoms with Crippen LogP contribution in [0, 0.1) is 5.92 Å². The summed E-state index contributed by atoms with van der Waals surface area (Å²) in [6.45, 7) is 4.75. The fourth-order valence-corrected chi connectivity index (χ4v) is 3.66. The van der Waals surface area contributed by atoms with Crippen molar-refractivity contribution in [1.82, 2.24) is 4.90 Å². The van der Waals surface area contributed by atoms with Crippen LogP contribution in [0.25, 0.3) is 0 Å². The van der Waals surface area contributed by atoms with Crippen LogP contribution in [-0.4, -0.2) is 42.1 Å². The van der Waals surface area contributed by atoms with Gasteiger partial charge in [-0.15, -0.1) is 0 Å². The van der Waals surface area contributed by atoms with E-state index in [1.165, 1.54) is 44.6 Å². The molecule has 2 N–H and O–H groups in total. The zero-order valence-electron chi connectivity index (χ0n) is 8.24. The van der Waals surface area contributed by atoms with E-state index in [1.54, 1.807) is 0 Å². The van der Waals surface area contributed by atoms with Crippen LogP contribution in [0.3, 0.4) is 0 Å². The Hall–Kier alpha value is 0.270. The van der Waals surface area contributed by atoms with Gasteiger partial charge in [-0.25, -0.2) is 0 Å². The second kappa shape index (κ2) is 4.67. The van der Waals surface area contributed by atoms with Crippen molar-refractivity contribution >= 4 is 11.8 Å². The highest BCUT2D eigenvalue weighted by molar-refractivity contribution is 8.00. The number of rotatable bonds is 3. The number of hydrogen-bond acceptors (Lipinski definition) is 3. The van der Waals surface area contributed by atoms with Gasteiger partial charge in [0.15, 0.2) is 0 Å². The minimum absolute atomic E-state index is 0.784. The van der Waals surface area contributed by atoms with Crippen molar-refractivity contribution in [3.05, 3.63) is 0 Å². The first-order valence-corrected chi connectivity index (χ1v) is 6.47. The van der Waals surface area contributed by atoms with Gasteiger partial charge in [0.05, 0.1) is 0 Å². The van der Waals surface area contributed by atoms with Crippen LogP contribution in [0.15, 0.2) is 0 Å². The van der Waals surface area contributed by atoms with Crippen LogP contribution in [0.2, 0.25) is 0 Å². The number of nitrogens with two attached hydrogens (primary N) is 1. The summed E-state index contributed by atoms with van der Waals surface area (Å²) in [5, 5.41) is 0.927. The maximum atomic E-state index is 5.67. The largest absolute Gasteiger partial charge is 0.330 e. The topological polar surface area (TPSA) is 29.3 Å². The molecule has 0 aromatic carbocycles. The lowest BCUT2D eigenvalue weighted by molar-refractivity contribution is 0.324. The normalized spacial score (nSPS) is 35.8. The van der Waals surface area contributed by atoms with E-state index in [2.05, 4.69) is 16.7 Å². The molecule has 2 nitrogen and oxygen atoms in total. The first kappa shape index (κ1) is 9.81. The highest BCUT2D eigenvalue weighted by Gasteiger charge is 2.25. The standard InChI is InChI=1S/C10H20N2S/c11-6-9-3-4-12(7-9)8-10-2-1-5-13-10/h9-10H,1-8,11H2. The summed E-state index contributed by atoms with van der Waals surface area (Å²) < 4.78 is 0. The lowest BCUT2D eigenvalue weighted by Gasteiger charge is -2.19. The third-order valence-electron chi connectivity index (χ3n) is 3.19. The Morgan fingerprint density at radius 1 is 1.38 bits per heavy atom. The molecule has 0 aromatic heterocycles. The number of nitrogens with zero attached hydrogens (tertiary/aromatic N) is 1. The Bertz CT molecular complexity index is 157. The van der Waals surface area contributed by atoms with Gasteiger partial charge in [0.25, 0.3) is 0 Å². The van der Waals surface area contributed by atoms with Crippen LogP contribution < -0.4 is 5.73 Å². The predicted molar refractivity (Wildman–Crippen MR) is 59.1 cm³/mol. The van der Waals surface area contributed by atoms with Crippen LogP contribution >= 0.6 is 11.8 Å². The summed E-state index contributed by atoms with van der Waals surface area (Å²) in [4.78, 5) is 2.61. The molecule has 76 valence electrons. The van der Waals surface area contributed by atoms with Crippen molar-refractivity contribution in [2.45, 2.75) is 24.5 Å². The highest BCUT2D eigenvalue weighted by atomic mass is 32.2. The average molecular weight is 200 g/mol. The maximum Gasteiger partial charge on any atom is 0.0175 e. The fraction of sp³-hybridized carbons (Fsp3) is 1.00. The molecule has 13 heavy (non-hydrogen) atoms. The number of thioether (sulfide) groups is 1. The fourth-order valence-electron chi connectivity index (χ4n) is 2.35. The second-order valence-electron chi connectivity index (χ2n) is 4.29. The molecular weight excluding hydrogens is 180 g/mol. The molecule has 2 aliphatic rings. The number of hydrogen-bond donors (Lipinski definition) is 1. The molecule has 0 radical (unpaired) electrons. The maximum absolute atomic E-state index is 5.67. The molecule has 2 unspecified atom stereocenters. The molecule has 2 rings (SSSR count). The Labute approximate surface area is 85.2 Å². The summed E-state index contributed by atoms with van der Waals surface area (Å²) in [7, 11) is 0. The lowest BCUT2D eigenvalue weighted by atomic mass is 10.1. The summed E-state index contributed by atoms with van der Waals surface area (Å²) in [6.07, 6.45) is 4.20. The predicted octanol–water partition coefficient (Wildman–Crippen LogP) is 1.16. The van der Waals surface area contributed by atoms with Gasteiger partial charge in [-0.3, -0.25) is 0 Å². The average Bonchev–Trinajstić information content (AvgIpc) is 2.76. The third kappa shape index (κ3) is 2.61. The summed E-state index contributed by atoms with van der Waals surface area (Å²) in [6, 6.07) is 0. The van der Waals surface area contributed by atoms with Crippen molar-refractivity contribution in [1.29, 1.82) is 0 Å². The Kier molecular flexibility index (Phi) is 3.52. The van der Waals surface area contributed by atoms with Gasteiger partial charge in [0, 0.05) is 18.3 Å². The molecule has 0 aliphatic carbocycles. The zero-order valence-corrected chi connectivity index (χ0v) is 9.06. The van der Waals surface area contributed by atoms with Crippen molar-refractivity contribution in [3.63, 3.8) is 0 Å². The molecule has 2 atom stereocenters. The molecule has 0 amide bonds. The van der Waals surface area contributed by atoms with Gasteiger partial charge in [0.2, 0.25) is 0 Å². The van der Waals surface area contributed by atoms with E-state index in [4.69, 9.17) is 5.73 Å². The van der Waals surface area contributed by atoms with Crippen LogP contribution in [0.5, 0.6) is 0 Å². The van der Waals surface area contributed by atoms with Crippen LogP contribution in [0.1, 0.15) is 19.3 Å². The first-order valence-electron chi connectivity index (χ1n) is 5.42. The van der Waals surface area contributed by atoms with Crippen molar-refractivity contribution in [2.75, 3.05) is 31.9 Å². The van der Waals surface area contributed by atoms with E-state index in [0.29, 0.717) is 0 Å². The van der Waals surface area contributed by atoms with Gasteiger partial charge in [0.1, 0.15) is 0 Å². The Morgan fingerprint density at radius 2 is 2.31 bits per heavy atom. The smallest absolute Gasteiger partial charge is 0.0175 e. The molecule has 0 spiro atoms. The summed E-state index contributed by atoms with van der Waals surface area (Å²) in [5.41, 5.74) is 5.67. The molecule has 2 heterocycles. The van der Waals surface area contributed by atoms with E-state index in [-0.39, 0.29) is 0 Å². The monoisotopic (exact) mass is 200 g/mol.